The van der Waals surface area contributed by atoms with Crippen LogP contribution in [0.3, 0.4) is 0 Å². The topological polar surface area (TPSA) is 134 Å². The van der Waals surface area contributed by atoms with Gasteiger partial charge in [-0.15, -0.1) is 6.08 Å². The monoisotopic (exact) mass is 657 g/mol. The molecule has 9 nitrogen and oxygen atoms in total. The molecular weight excluding hydrogens is 593 g/mol. The molecule has 0 heterocycles. The number of unbranched alkanes of at least 4 members (excludes halogenated alkanes) is 16. The molecule has 45 heavy (non-hydrogen) atoms. The molecular formula is C35H64NO8P-2. The van der Waals surface area contributed by atoms with Crippen molar-refractivity contribution in [3.8, 4) is 0 Å². The van der Waals surface area contributed by atoms with E-state index in [-0.39, 0.29) is 32.6 Å². The maximum absolute atomic E-state index is 12.5. The molecule has 0 aliphatic carbocycles. The van der Waals surface area contributed by atoms with Crippen molar-refractivity contribution in [2.24, 2.45) is 5.73 Å². The van der Waals surface area contributed by atoms with Crippen molar-refractivity contribution in [2.45, 2.75) is 147 Å². The molecule has 10 heteroatoms. The first kappa shape index (κ1) is 43.5. The number of hydrogen-bond donors (Lipinski definition) is 2. The van der Waals surface area contributed by atoms with E-state index in [4.69, 9.17) is 24.3 Å². The second-order valence-corrected chi connectivity index (χ2v) is 12.9. The van der Waals surface area contributed by atoms with Crippen molar-refractivity contribution in [1.82, 2.24) is 0 Å². The molecule has 0 aromatic rings. The Balaban J connectivity index is 4.28. The highest BCUT2D eigenvalue weighted by Gasteiger charge is 2.25. The molecule has 0 saturated carbocycles. The maximum atomic E-state index is 12.5. The molecule has 0 aliphatic heterocycles. The smallest absolute Gasteiger partial charge is 0.462 e. The number of ether oxygens (including phenoxy) is 2. The average molecular weight is 658 g/mol. The largest absolute Gasteiger partial charge is 0.472 e. The van der Waals surface area contributed by atoms with Gasteiger partial charge in [0.05, 0.1) is 13.2 Å². The Morgan fingerprint density at radius 2 is 1.16 bits per heavy atom. The number of carbonyl (C=O) groups excluding carboxylic acids is 2. The van der Waals surface area contributed by atoms with E-state index in [2.05, 4.69) is 38.2 Å². The van der Waals surface area contributed by atoms with E-state index in [0.29, 0.717) is 6.42 Å². The summed E-state index contributed by atoms with van der Waals surface area (Å²) in [6, 6.07) is 0. The van der Waals surface area contributed by atoms with Crippen molar-refractivity contribution in [3.05, 3.63) is 38.2 Å². The SMILES string of the molecule is [CH2-]C/C=C\CCCCCCCCCC(=O)OC[C@H](COP(=O)(O)OCCN)OC(=O)CCCCCCC/C=C\CCCCC[CH2-]. The van der Waals surface area contributed by atoms with Crippen molar-refractivity contribution in [3.63, 3.8) is 0 Å². The molecule has 0 amide bonds. The fourth-order valence-electron chi connectivity index (χ4n) is 4.57. The van der Waals surface area contributed by atoms with Crippen LogP contribution in [-0.4, -0.2) is 49.3 Å². The third-order valence-electron chi connectivity index (χ3n) is 7.15. The third kappa shape index (κ3) is 32.2. The summed E-state index contributed by atoms with van der Waals surface area (Å²) in [6.07, 6.45) is 29.5. The summed E-state index contributed by atoms with van der Waals surface area (Å²) in [7, 11) is -4.37. The predicted octanol–water partition coefficient (Wildman–Crippen LogP) is 8.90. The number of rotatable bonds is 33. The Morgan fingerprint density at radius 1 is 0.667 bits per heavy atom. The van der Waals surface area contributed by atoms with Gasteiger partial charge in [-0.05, 0) is 51.4 Å². The van der Waals surface area contributed by atoms with E-state index in [9.17, 15) is 19.0 Å². The molecule has 264 valence electrons. The molecule has 0 rings (SSSR count). The first-order chi connectivity index (χ1) is 21.8. The van der Waals surface area contributed by atoms with Crippen LogP contribution in [0.4, 0.5) is 0 Å². The summed E-state index contributed by atoms with van der Waals surface area (Å²) in [5.41, 5.74) is 5.31. The number of phosphoric ester groups is 1. The van der Waals surface area contributed by atoms with Crippen LogP contribution >= 0.6 is 7.82 Å². The lowest BCUT2D eigenvalue weighted by atomic mass is 10.1. The van der Waals surface area contributed by atoms with Crippen LogP contribution in [0.2, 0.25) is 0 Å². The van der Waals surface area contributed by atoms with Crippen molar-refractivity contribution in [1.29, 1.82) is 0 Å². The first-order valence-corrected chi connectivity index (χ1v) is 18.9. The predicted molar refractivity (Wildman–Crippen MR) is 182 cm³/mol. The molecule has 0 aromatic carbocycles. The minimum Gasteiger partial charge on any atom is -0.462 e. The summed E-state index contributed by atoms with van der Waals surface area (Å²) >= 11 is 0. The van der Waals surface area contributed by atoms with Gasteiger partial charge < -0.3 is 33.9 Å². The minimum absolute atomic E-state index is 0.0484. The molecule has 3 N–H and O–H groups in total. The summed E-state index contributed by atoms with van der Waals surface area (Å²) in [5, 5.41) is 0. The van der Waals surface area contributed by atoms with E-state index >= 15 is 0 Å². The zero-order valence-corrected chi connectivity index (χ0v) is 28.9. The second kappa shape index (κ2) is 32.4. The maximum Gasteiger partial charge on any atom is 0.472 e. The molecule has 0 aromatic heterocycles. The van der Waals surface area contributed by atoms with Crippen LogP contribution in [0.15, 0.2) is 24.3 Å². The fourth-order valence-corrected chi connectivity index (χ4v) is 5.33. The zero-order chi connectivity index (χ0) is 33.3. The van der Waals surface area contributed by atoms with Crippen molar-refractivity contribution in [2.75, 3.05) is 26.4 Å². The molecule has 0 bridgehead atoms. The Kier molecular flexibility index (Phi) is 31.3. The van der Waals surface area contributed by atoms with E-state index in [1.54, 1.807) is 0 Å². The third-order valence-corrected chi connectivity index (χ3v) is 8.13. The summed E-state index contributed by atoms with van der Waals surface area (Å²) in [5.74, 6) is -0.862. The molecule has 1 unspecified atom stereocenters. The van der Waals surface area contributed by atoms with Gasteiger partial charge in [0.1, 0.15) is 6.61 Å². The molecule has 0 saturated heterocycles. The van der Waals surface area contributed by atoms with E-state index in [1.165, 1.54) is 38.5 Å². The van der Waals surface area contributed by atoms with Crippen LogP contribution < -0.4 is 5.73 Å². The zero-order valence-electron chi connectivity index (χ0n) is 28.0. The van der Waals surface area contributed by atoms with Crippen LogP contribution in [0.1, 0.15) is 141 Å². The van der Waals surface area contributed by atoms with E-state index in [0.717, 1.165) is 83.5 Å². The number of nitrogens with two attached hydrogens (primary N) is 1. The lowest BCUT2D eigenvalue weighted by molar-refractivity contribution is -0.161. The summed E-state index contributed by atoms with van der Waals surface area (Å²) in [4.78, 5) is 34.6. The Hall–Kier alpha value is -1.51. The van der Waals surface area contributed by atoms with Crippen LogP contribution in [-0.2, 0) is 32.7 Å². The standard InChI is InChI=1S/C35H64NO8P/c1-3-5-7-9-11-13-15-16-18-20-22-24-26-28-35(38)44-33(32-43-45(39,40)42-30-29-36)31-41-34(37)27-25-23-21-19-17-14-12-10-8-6-4-2/h6,8,13,15,33H,1-5,7,9-12,14,16-32,36H2,(H,39,40)/q-2/b8-6-,15-13-/t33-/m1/s1. The molecule has 0 aliphatic rings. The van der Waals surface area contributed by atoms with Gasteiger partial charge in [-0.1, -0.05) is 82.4 Å². The number of phosphoric acid groups is 1. The number of carbonyl (C=O) groups is 2. The van der Waals surface area contributed by atoms with Crippen molar-refractivity contribution < 1.29 is 37.6 Å². The van der Waals surface area contributed by atoms with Gasteiger partial charge in [0.2, 0.25) is 0 Å². The minimum atomic E-state index is -4.37. The average Bonchev–Trinajstić information content (AvgIpc) is 3.02. The second-order valence-electron chi connectivity index (χ2n) is 11.4. The van der Waals surface area contributed by atoms with Crippen LogP contribution in [0.25, 0.3) is 0 Å². The Morgan fingerprint density at radius 3 is 1.69 bits per heavy atom. The normalized spacial score (nSPS) is 13.8. The van der Waals surface area contributed by atoms with Crippen molar-refractivity contribution >= 4 is 19.8 Å². The molecule has 0 spiro atoms. The number of esters is 2. The number of hydrogen-bond acceptors (Lipinski definition) is 8. The van der Waals surface area contributed by atoms with Crippen LogP contribution in [0.5, 0.6) is 0 Å². The first-order valence-electron chi connectivity index (χ1n) is 17.4. The molecule has 2 atom stereocenters. The highest BCUT2D eigenvalue weighted by molar-refractivity contribution is 7.47. The summed E-state index contributed by atoms with van der Waals surface area (Å²) < 4.78 is 32.5. The van der Waals surface area contributed by atoms with E-state index < -0.39 is 32.5 Å². The highest BCUT2D eigenvalue weighted by atomic mass is 31.2. The van der Waals surface area contributed by atoms with Gasteiger partial charge in [0.25, 0.3) is 0 Å². The molecule has 0 fully saturated rings. The summed E-state index contributed by atoms with van der Waals surface area (Å²) in [6.45, 7) is 6.85. The molecule has 0 radical (unpaired) electrons. The van der Waals surface area contributed by atoms with Crippen LogP contribution in [0, 0.1) is 13.8 Å². The van der Waals surface area contributed by atoms with Gasteiger partial charge in [-0.25, -0.2) is 4.57 Å². The fraction of sp³-hybridized carbons (Fsp3) is 0.771. The van der Waals surface area contributed by atoms with Gasteiger partial charge in [-0.3, -0.25) is 18.6 Å². The Bertz CT molecular complexity index is 805. The van der Waals surface area contributed by atoms with E-state index in [1.807, 2.05) is 0 Å². The van der Waals surface area contributed by atoms with Gasteiger partial charge in [0.15, 0.2) is 6.10 Å². The lowest BCUT2D eigenvalue weighted by Gasteiger charge is -2.19. The quantitative estimate of drug-likeness (QED) is 0.0233. The van der Waals surface area contributed by atoms with Gasteiger partial charge in [0, 0.05) is 19.4 Å². The lowest BCUT2D eigenvalue weighted by Crippen LogP contribution is -2.29. The number of allylic oxidation sites excluding steroid dienone is 4. The Labute approximate surface area is 274 Å². The van der Waals surface area contributed by atoms with Gasteiger partial charge >= 0.3 is 19.8 Å². The van der Waals surface area contributed by atoms with Gasteiger partial charge in [-0.2, -0.15) is 12.8 Å². The highest BCUT2D eigenvalue weighted by Crippen LogP contribution is 2.43.